The number of aryl methyl sites for hydroxylation is 1. The maximum Gasteiger partial charge on any atom is 0.185 e. The summed E-state index contributed by atoms with van der Waals surface area (Å²) in [4.78, 5) is 6.19. The normalized spacial score (nSPS) is 15.9. The van der Waals surface area contributed by atoms with Crippen LogP contribution in [0.1, 0.15) is 5.69 Å². The van der Waals surface area contributed by atoms with Gasteiger partial charge in [-0.3, -0.25) is 0 Å². The first-order valence-electron chi connectivity index (χ1n) is 6.49. The minimum absolute atomic E-state index is 0.0421. The molecule has 1 aromatic carbocycles. The predicted octanol–water partition coefficient (Wildman–Crippen LogP) is 2.88. The molecule has 0 aliphatic carbocycles. The van der Waals surface area contributed by atoms with Crippen LogP contribution < -0.4 is 10.2 Å². The Balaban J connectivity index is 2.28. The summed E-state index contributed by atoms with van der Waals surface area (Å²) in [7, 11) is 0. The molecule has 3 nitrogen and oxygen atoms in total. The average molecular weight is 298 g/mol. The van der Waals surface area contributed by atoms with Crippen LogP contribution in [-0.4, -0.2) is 31.2 Å². The quantitative estimate of drug-likeness (QED) is 0.877. The van der Waals surface area contributed by atoms with E-state index in [1.54, 1.807) is 13.0 Å². The molecule has 0 radical (unpaired) electrons. The highest BCUT2D eigenvalue weighted by molar-refractivity contribution is 6.35. The van der Waals surface area contributed by atoms with Gasteiger partial charge in [0.15, 0.2) is 11.6 Å². The van der Waals surface area contributed by atoms with E-state index in [-0.39, 0.29) is 5.52 Å². The van der Waals surface area contributed by atoms with Gasteiger partial charge in [-0.05, 0) is 19.1 Å². The summed E-state index contributed by atoms with van der Waals surface area (Å²) in [6.45, 7) is 4.93. The molecule has 2 heterocycles. The number of pyridine rings is 1. The second-order valence-electron chi connectivity index (χ2n) is 4.85. The number of hydrogen-bond acceptors (Lipinski definition) is 3. The van der Waals surface area contributed by atoms with Crippen LogP contribution in [0, 0.1) is 18.6 Å². The number of rotatable bonds is 1. The standard InChI is InChI=1S/C14H14ClF2N3/c1-8-11(15)14(20-6-4-18-5-7-20)9-2-3-10(16)12(17)13(9)19-8/h2-3,18H,4-7H2,1H3. The smallest absolute Gasteiger partial charge is 0.185 e. The van der Waals surface area contributed by atoms with Crippen molar-refractivity contribution in [3.8, 4) is 0 Å². The van der Waals surface area contributed by atoms with Gasteiger partial charge in [0.2, 0.25) is 0 Å². The van der Waals surface area contributed by atoms with Gasteiger partial charge >= 0.3 is 0 Å². The van der Waals surface area contributed by atoms with Crippen LogP contribution in [0.4, 0.5) is 14.5 Å². The van der Waals surface area contributed by atoms with E-state index >= 15 is 0 Å². The first kappa shape index (κ1) is 13.5. The molecule has 20 heavy (non-hydrogen) atoms. The van der Waals surface area contributed by atoms with E-state index in [2.05, 4.69) is 15.2 Å². The van der Waals surface area contributed by atoms with Crippen LogP contribution in [-0.2, 0) is 0 Å². The fourth-order valence-corrected chi connectivity index (χ4v) is 2.81. The van der Waals surface area contributed by atoms with Crippen LogP contribution >= 0.6 is 11.6 Å². The number of anilines is 1. The van der Waals surface area contributed by atoms with Crippen molar-refractivity contribution in [3.05, 3.63) is 34.5 Å². The molecule has 0 amide bonds. The topological polar surface area (TPSA) is 28.2 Å². The maximum atomic E-state index is 13.9. The molecular weight excluding hydrogens is 284 g/mol. The fraction of sp³-hybridized carbons (Fsp3) is 0.357. The summed E-state index contributed by atoms with van der Waals surface area (Å²) in [5, 5.41) is 4.31. The van der Waals surface area contributed by atoms with Crippen molar-refractivity contribution in [2.45, 2.75) is 6.92 Å². The number of aromatic nitrogens is 1. The third-order valence-electron chi connectivity index (χ3n) is 3.56. The molecule has 0 bridgehead atoms. The number of halogens is 3. The van der Waals surface area contributed by atoms with E-state index in [1.807, 2.05) is 0 Å². The summed E-state index contributed by atoms with van der Waals surface area (Å²) in [5.41, 5.74) is 1.30. The third kappa shape index (κ3) is 2.11. The van der Waals surface area contributed by atoms with Crippen molar-refractivity contribution in [1.29, 1.82) is 0 Å². The number of nitrogens with zero attached hydrogens (tertiary/aromatic N) is 2. The molecule has 1 aromatic heterocycles. The van der Waals surface area contributed by atoms with Crippen molar-refractivity contribution in [1.82, 2.24) is 10.3 Å². The van der Waals surface area contributed by atoms with Gasteiger partial charge in [0.25, 0.3) is 0 Å². The molecule has 1 aliphatic heterocycles. The van der Waals surface area contributed by atoms with E-state index in [0.29, 0.717) is 16.1 Å². The van der Waals surface area contributed by atoms with Crippen molar-refractivity contribution in [2.75, 3.05) is 31.1 Å². The second-order valence-corrected chi connectivity index (χ2v) is 5.23. The number of nitrogens with one attached hydrogen (secondary N) is 1. The van der Waals surface area contributed by atoms with E-state index in [0.717, 1.165) is 37.9 Å². The van der Waals surface area contributed by atoms with Crippen LogP contribution in [0.5, 0.6) is 0 Å². The summed E-state index contributed by atoms with van der Waals surface area (Å²) in [5.74, 6) is -1.81. The molecule has 1 N–H and O–H groups in total. The number of piperazine rings is 1. The Bertz CT molecular complexity index is 669. The predicted molar refractivity (Wildman–Crippen MR) is 76.5 cm³/mol. The monoisotopic (exact) mass is 297 g/mol. The molecule has 1 saturated heterocycles. The van der Waals surface area contributed by atoms with E-state index in [4.69, 9.17) is 11.6 Å². The summed E-state index contributed by atoms with van der Waals surface area (Å²) >= 11 is 6.36. The van der Waals surface area contributed by atoms with Gasteiger partial charge in [-0.1, -0.05) is 11.6 Å². The van der Waals surface area contributed by atoms with E-state index in [1.165, 1.54) is 0 Å². The molecule has 106 valence electrons. The molecular formula is C14H14ClF2N3. The highest BCUT2D eigenvalue weighted by atomic mass is 35.5. The highest BCUT2D eigenvalue weighted by Crippen LogP contribution is 2.36. The van der Waals surface area contributed by atoms with Crippen molar-refractivity contribution < 1.29 is 8.78 Å². The lowest BCUT2D eigenvalue weighted by Crippen LogP contribution is -2.43. The van der Waals surface area contributed by atoms with Crippen LogP contribution in [0.15, 0.2) is 12.1 Å². The molecule has 0 unspecified atom stereocenters. The van der Waals surface area contributed by atoms with Gasteiger partial charge in [-0.15, -0.1) is 0 Å². The Morgan fingerprint density at radius 1 is 1.25 bits per heavy atom. The zero-order valence-corrected chi connectivity index (χ0v) is 11.8. The lowest BCUT2D eigenvalue weighted by molar-refractivity contribution is 0.515. The van der Waals surface area contributed by atoms with Crippen molar-refractivity contribution in [2.24, 2.45) is 0 Å². The second kappa shape index (κ2) is 5.14. The molecule has 0 atom stereocenters. The van der Waals surface area contributed by atoms with Gasteiger partial charge in [0, 0.05) is 31.6 Å². The van der Waals surface area contributed by atoms with Crippen LogP contribution in [0.25, 0.3) is 10.9 Å². The van der Waals surface area contributed by atoms with Crippen LogP contribution in [0.2, 0.25) is 5.02 Å². The number of hydrogen-bond donors (Lipinski definition) is 1. The van der Waals surface area contributed by atoms with Gasteiger partial charge in [-0.2, -0.15) is 0 Å². The molecule has 0 saturated carbocycles. The van der Waals surface area contributed by atoms with Gasteiger partial charge < -0.3 is 10.2 Å². The van der Waals surface area contributed by atoms with Gasteiger partial charge in [-0.25, -0.2) is 13.8 Å². The summed E-state index contributed by atoms with van der Waals surface area (Å²) < 4.78 is 27.3. The number of benzene rings is 1. The lowest BCUT2D eigenvalue weighted by Gasteiger charge is -2.31. The zero-order chi connectivity index (χ0) is 14.3. The van der Waals surface area contributed by atoms with Gasteiger partial charge in [0.1, 0.15) is 5.52 Å². The first-order valence-corrected chi connectivity index (χ1v) is 6.87. The van der Waals surface area contributed by atoms with E-state index < -0.39 is 11.6 Å². The Morgan fingerprint density at radius 2 is 1.95 bits per heavy atom. The molecule has 3 rings (SSSR count). The van der Waals surface area contributed by atoms with E-state index in [9.17, 15) is 8.78 Å². The Kier molecular flexibility index (Phi) is 3.48. The molecule has 0 spiro atoms. The molecule has 2 aromatic rings. The minimum atomic E-state index is -0.918. The maximum absolute atomic E-state index is 13.9. The highest BCUT2D eigenvalue weighted by Gasteiger charge is 2.21. The fourth-order valence-electron chi connectivity index (χ4n) is 2.54. The Hall–Kier alpha value is -1.46. The largest absolute Gasteiger partial charge is 0.367 e. The zero-order valence-electron chi connectivity index (χ0n) is 11.0. The number of fused-ring (bicyclic) bond motifs is 1. The minimum Gasteiger partial charge on any atom is -0.367 e. The summed E-state index contributed by atoms with van der Waals surface area (Å²) in [6, 6.07) is 2.67. The molecule has 1 aliphatic rings. The SMILES string of the molecule is Cc1nc2c(F)c(F)ccc2c(N2CCNCC2)c1Cl. The Morgan fingerprint density at radius 3 is 2.65 bits per heavy atom. The molecule has 6 heteroatoms. The molecule has 1 fully saturated rings. The Labute approximate surface area is 120 Å². The average Bonchev–Trinajstić information content (AvgIpc) is 2.46. The summed E-state index contributed by atoms with van der Waals surface area (Å²) in [6.07, 6.45) is 0. The third-order valence-corrected chi connectivity index (χ3v) is 4.01. The van der Waals surface area contributed by atoms with Crippen LogP contribution in [0.3, 0.4) is 0 Å². The van der Waals surface area contributed by atoms with Crippen molar-refractivity contribution in [3.63, 3.8) is 0 Å². The van der Waals surface area contributed by atoms with Crippen molar-refractivity contribution >= 4 is 28.2 Å². The lowest BCUT2D eigenvalue weighted by atomic mass is 10.1. The van der Waals surface area contributed by atoms with Gasteiger partial charge in [0.05, 0.1) is 16.4 Å². The first-order chi connectivity index (χ1) is 9.59.